The highest BCUT2D eigenvalue weighted by Gasteiger charge is 2.25. The zero-order valence-corrected chi connectivity index (χ0v) is 42.3. The number of pyridine rings is 2. The molecule has 0 radical (unpaired) electrons. The Bertz CT molecular complexity index is 3010. The second kappa shape index (κ2) is 23.8. The molecule has 0 spiro atoms. The summed E-state index contributed by atoms with van der Waals surface area (Å²) in [6.45, 7) is 1.65. The first-order valence-corrected chi connectivity index (χ1v) is 23.0. The summed E-state index contributed by atoms with van der Waals surface area (Å²) in [5, 5.41) is 20.7. The third kappa shape index (κ3) is 12.9. The second-order valence-corrected chi connectivity index (χ2v) is 17.7. The Balaban J connectivity index is 0.000000230. The summed E-state index contributed by atoms with van der Waals surface area (Å²) in [4.78, 5) is 68.5. The maximum absolute atomic E-state index is 13.2. The lowest BCUT2D eigenvalue weighted by molar-refractivity contribution is 0.101. The molecule has 16 nitrogen and oxygen atoms in total. The van der Waals surface area contributed by atoms with Gasteiger partial charge in [-0.2, -0.15) is 0 Å². The van der Waals surface area contributed by atoms with E-state index >= 15 is 0 Å². The van der Waals surface area contributed by atoms with Crippen LogP contribution >= 0.6 is 69.6 Å². The van der Waals surface area contributed by atoms with E-state index in [9.17, 15) is 19.2 Å². The van der Waals surface area contributed by atoms with Crippen LogP contribution < -0.4 is 30.7 Å². The predicted molar refractivity (Wildman–Crippen MR) is 278 cm³/mol. The van der Waals surface area contributed by atoms with Gasteiger partial charge < -0.3 is 40.5 Å². The van der Waals surface area contributed by atoms with Crippen LogP contribution in [0, 0.1) is 5.41 Å². The first kappa shape index (κ1) is 52.7. The van der Waals surface area contributed by atoms with Gasteiger partial charge in [0.2, 0.25) is 0 Å². The molecule has 362 valence electrons. The first-order chi connectivity index (χ1) is 33.4. The van der Waals surface area contributed by atoms with Gasteiger partial charge in [-0.15, -0.1) is 0 Å². The molecule has 0 aliphatic carbocycles. The molecule has 1 fully saturated rings. The zero-order valence-electron chi connectivity index (χ0n) is 37.8. The molecule has 0 unspecified atom stereocenters. The van der Waals surface area contributed by atoms with Crippen LogP contribution in [0.4, 0.5) is 23.0 Å². The van der Waals surface area contributed by atoms with Crippen molar-refractivity contribution in [1.82, 2.24) is 19.8 Å². The molecule has 5 N–H and O–H groups in total. The number of anilines is 4. The van der Waals surface area contributed by atoms with Gasteiger partial charge in [-0.05, 0) is 67.1 Å². The number of amidine groups is 2. The number of rotatable bonds is 12. The van der Waals surface area contributed by atoms with Gasteiger partial charge in [0.15, 0.2) is 0 Å². The molecule has 6 aromatic rings. The fraction of sp³-hybridized carbons (Fsp3) is 0.167. The maximum Gasteiger partial charge on any atom is 0.259 e. The van der Waals surface area contributed by atoms with Crippen LogP contribution in [0.1, 0.15) is 59.0 Å². The minimum atomic E-state index is -0.569. The standard InChI is InChI=1S/C24H20Cl3N5O3.C24H22Cl3N5O3/c1-35-19-11-15(26)10-17(24(34)30-20-6-4-14(25)12-29-20)21(19)31-23(33)16-5-3-13(9-18(16)27)22(28)32-7-2-8-32;1-28-22(32(2)3)13-5-7-16(18(27)9-13)23(33)31-21-17(10-15(26)11-19(21)35-4)24(34)30-20-8-6-14(25)12-29-20/h3-6,9-12,28H,2,7-8H2,1H3,(H,31,33)(H,29,30,34);5-12H,1-4H3,(H,31,33)(H,29,30,34). The van der Waals surface area contributed by atoms with Gasteiger partial charge in [0, 0.05) is 79.9 Å². The molecule has 4 amide bonds. The number of aliphatic imine (C=N–C) groups is 1. The van der Waals surface area contributed by atoms with Gasteiger partial charge in [-0.1, -0.05) is 81.7 Å². The monoisotopic (exact) mass is 1060 g/mol. The Labute approximate surface area is 432 Å². The van der Waals surface area contributed by atoms with Crippen LogP contribution in [0.2, 0.25) is 30.1 Å². The highest BCUT2D eigenvalue weighted by molar-refractivity contribution is 6.36. The van der Waals surface area contributed by atoms with Gasteiger partial charge in [-0.25, -0.2) is 9.97 Å². The maximum atomic E-state index is 13.2. The molecule has 1 aliphatic heterocycles. The van der Waals surface area contributed by atoms with E-state index in [1.165, 1.54) is 50.9 Å². The molecule has 0 saturated carbocycles. The minimum Gasteiger partial charge on any atom is -0.494 e. The highest BCUT2D eigenvalue weighted by Crippen LogP contribution is 2.36. The van der Waals surface area contributed by atoms with Crippen molar-refractivity contribution < 1.29 is 28.7 Å². The molecule has 2 aromatic heterocycles. The Morgan fingerprint density at radius 1 is 0.586 bits per heavy atom. The van der Waals surface area contributed by atoms with E-state index in [1.807, 2.05) is 23.9 Å². The number of ether oxygens (including phenoxy) is 2. The average molecular weight is 1070 g/mol. The summed E-state index contributed by atoms with van der Waals surface area (Å²) in [5.41, 5.74) is 2.11. The van der Waals surface area contributed by atoms with Crippen molar-refractivity contribution in [1.29, 1.82) is 5.41 Å². The van der Waals surface area contributed by atoms with Crippen LogP contribution in [0.3, 0.4) is 0 Å². The molecule has 7 rings (SSSR count). The normalized spacial score (nSPS) is 11.8. The number of methoxy groups -OCH3 is 2. The number of carbonyl (C=O) groups excluding carboxylic acids is 4. The van der Waals surface area contributed by atoms with E-state index in [2.05, 4.69) is 36.2 Å². The summed E-state index contributed by atoms with van der Waals surface area (Å²) >= 11 is 36.9. The SMILES string of the molecule is CN=C(c1ccc(C(=O)Nc2c(OC)cc(Cl)cc2C(=O)Nc2ccc(Cl)cn2)c(Cl)c1)N(C)C.COc1cc(Cl)cc(C(=O)Nc2ccc(Cl)cn2)c1NC(=O)c1ccc(C(=N)N2CCC2)cc1Cl. The predicted octanol–water partition coefficient (Wildman–Crippen LogP) is 11.1. The number of aromatic nitrogens is 2. The van der Waals surface area contributed by atoms with Crippen LogP contribution in [0.25, 0.3) is 0 Å². The largest absolute Gasteiger partial charge is 0.494 e. The van der Waals surface area contributed by atoms with Crippen molar-refractivity contribution in [2.45, 2.75) is 6.42 Å². The fourth-order valence-corrected chi connectivity index (χ4v) is 7.90. The van der Waals surface area contributed by atoms with Gasteiger partial charge >= 0.3 is 0 Å². The van der Waals surface area contributed by atoms with Crippen molar-refractivity contribution in [3.8, 4) is 11.5 Å². The van der Waals surface area contributed by atoms with Gasteiger partial charge in [0.25, 0.3) is 23.6 Å². The van der Waals surface area contributed by atoms with Crippen LogP contribution in [-0.2, 0) is 0 Å². The Hall–Kier alpha value is -6.66. The third-order valence-electron chi connectivity index (χ3n) is 10.2. The number of carbonyl (C=O) groups is 4. The second-order valence-electron chi connectivity index (χ2n) is 15.1. The number of nitrogens with zero attached hydrogens (tertiary/aromatic N) is 5. The molecule has 3 heterocycles. The molecule has 4 aromatic carbocycles. The van der Waals surface area contributed by atoms with Gasteiger partial charge in [0.1, 0.15) is 34.8 Å². The Kier molecular flexibility index (Phi) is 17.9. The van der Waals surface area contributed by atoms with E-state index in [1.54, 1.807) is 67.7 Å². The van der Waals surface area contributed by atoms with Crippen molar-refractivity contribution >= 4 is 128 Å². The lowest BCUT2D eigenvalue weighted by atomic mass is 10.1. The minimum absolute atomic E-state index is 0.0618. The van der Waals surface area contributed by atoms with E-state index < -0.39 is 23.6 Å². The lowest BCUT2D eigenvalue weighted by Crippen LogP contribution is -2.42. The lowest BCUT2D eigenvalue weighted by Gasteiger charge is -2.33. The van der Waals surface area contributed by atoms with Crippen molar-refractivity contribution in [3.05, 3.63) is 161 Å². The summed E-state index contributed by atoms with van der Waals surface area (Å²) in [6.07, 6.45) is 3.84. The van der Waals surface area contributed by atoms with Crippen LogP contribution in [0.15, 0.2) is 102 Å². The highest BCUT2D eigenvalue weighted by atomic mass is 35.5. The van der Waals surface area contributed by atoms with E-state index in [0.29, 0.717) is 27.3 Å². The molecule has 1 saturated heterocycles. The van der Waals surface area contributed by atoms with Gasteiger partial charge in [0.05, 0.1) is 67.9 Å². The smallest absolute Gasteiger partial charge is 0.259 e. The van der Waals surface area contributed by atoms with Crippen LogP contribution in [0.5, 0.6) is 11.5 Å². The topological polar surface area (TPSA) is 203 Å². The van der Waals surface area contributed by atoms with Crippen molar-refractivity contribution in [2.75, 3.05) is 69.7 Å². The number of nitrogens with one attached hydrogen (secondary N) is 5. The van der Waals surface area contributed by atoms with Crippen molar-refractivity contribution in [3.63, 3.8) is 0 Å². The van der Waals surface area contributed by atoms with Gasteiger partial charge in [-0.3, -0.25) is 29.6 Å². The molecular formula is C48H42Cl6N10O6. The summed E-state index contributed by atoms with van der Waals surface area (Å²) in [6, 6.07) is 21.8. The first-order valence-electron chi connectivity index (χ1n) is 20.7. The number of likely N-dealkylation sites (tertiary alicyclic amines) is 1. The van der Waals surface area contributed by atoms with Crippen molar-refractivity contribution in [2.24, 2.45) is 4.99 Å². The fourth-order valence-electron chi connectivity index (χ4n) is 6.72. The number of hydrogen-bond acceptors (Lipinski definition) is 10. The van der Waals surface area contributed by atoms with E-state index in [0.717, 1.165) is 25.1 Å². The van der Waals surface area contributed by atoms with Crippen LogP contribution in [-0.4, -0.2) is 104 Å². The number of hydrogen-bond donors (Lipinski definition) is 5. The number of halogens is 6. The molecular weight excluding hydrogens is 1030 g/mol. The van der Waals surface area contributed by atoms with E-state index in [4.69, 9.17) is 84.5 Å². The molecule has 0 atom stereocenters. The number of benzene rings is 4. The Morgan fingerprint density at radius 3 is 1.37 bits per heavy atom. The molecule has 0 bridgehead atoms. The summed E-state index contributed by atoms with van der Waals surface area (Å²) < 4.78 is 10.7. The zero-order chi connectivity index (χ0) is 50.8. The quantitative estimate of drug-likeness (QED) is 0.0579. The molecule has 1 aliphatic rings. The molecule has 22 heteroatoms. The number of amides is 4. The summed E-state index contributed by atoms with van der Waals surface area (Å²) in [7, 11) is 8.18. The third-order valence-corrected chi connectivity index (χ3v) is 11.8. The average Bonchev–Trinajstić information content (AvgIpc) is 3.30. The molecule has 70 heavy (non-hydrogen) atoms. The Morgan fingerprint density at radius 2 is 1.01 bits per heavy atom. The van der Waals surface area contributed by atoms with E-state index in [-0.39, 0.29) is 76.9 Å². The summed E-state index contributed by atoms with van der Waals surface area (Å²) in [5.74, 6) is -0.257.